The summed E-state index contributed by atoms with van der Waals surface area (Å²) in [7, 11) is 0. The fraction of sp³-hybridized carbons (Fsp3) is 0.529. The number of aryl methyl sites for hydroxylation is 1. The third-order valence-corrected chi connectivity index (χ3v) is 4.95. The number of aromatic nitrogens is 3. The molecule has 1 atom stereocenters. The Bertz CT molecular complexity index is 763. The molecule has 1 fully saturated rings. The zero-order chi connectivity index (χ0) is 17.3. The predicted octanol–water partition coefficient (Wildman–Crippen LogP) is 0.715. The van der Waals surface area contributed by atoms with Gasteiger partial charge in [0.25, 0.3) is 5.91 Å². The number of aliphatic hydroxyl groups is 1. The molecule has 2 N–H and O–H groups in total. The quantitative estimate of drug-likeness (QED) is 0.842. The molecule has 0 radical (unpaired) electrons. The van der Waals surface area contributed by atoms with Gasteiger partial charge < -0.3 is 19.8 Å². The summed E-state index contributed by atoms with van der Waals surface area (Å²) < 4.78 is 5.28. The number of nitrogens with zero attached hydrogens (tertiary/aromatic N) is 4. The number of β-amino-alcohol motifs (C(OH)–C–C–N with tert-alkyl or cyclic N) is 1. The van der Waals surface area contributed by atoms with Crippen molar-refractivity contribution >= 4 is 11.7 Å². The number of rotatable bonds is 4. The zero-order valence-electron chi connectivity index (χ0n) is 13.9. The van der Waals surface area contributed by atoms with Crippen molar-refractivity contribution in [2.24, 2.45) is 0 Å². The standard InChI is InChI=1S/C17H21N5O3/c23-16(15-12-3-1-2-4-13(12)25-21-15)20-10-17(24)5-8-22(11-17)14-9-18-6-7-19-14/h6-7,9,24H,1-5,8,10-11H2,(H,20,23)/t17-/m1/s1. The van der Waals surface area contributed by atoms with Gasteiger partial charge >= 0.3 is 0 Å². The van der Waals surface area contributed by atoms with E-state index in [1.807, 2.05) is 4.90 Å². The number of nitrogens with one attached hydrogen (secondary N) is 1. The minimum absolute atomic E-state index is 0.171. The molecule has 132 valence electrons. The van der Waals surface area contributed by atoms with E-state index >= 15 is 0 Å². The highest BCUT2D eigenvalue weighted by Crippen LogP contribution is 2.26. The maximum absolute atomic E-state index is 12.4. The van der Waals surface area contributed by atoms with Gasteiger partial charge in [0.05, 0.1) is 6.20 Å². The van der Waals surface area contributed by atoms with E-state index in [1.165, 1.54) is 0 Å². The fourth-order valence-corrected chi connectivity index (χ4v) is 3.54. The Labute approximate surface area is 145 Å². The summed E-state index contributed by atoms with van der Waals surface area (Å²) in [5.41, 5.74) is 0.294. The molecule has 4 rings (SSSR count). The second-order valence-electron chi connectivity index (χ2n) is 6.78. The van der Waals surface area contributed by atoms with Gasteiger partial charge in [-0.15, -0.1) is 0 Å². The first-order valence-corrected chi connectivity index (χ1v) is 8.64. The van der Waals surface area contributed by atoms with E-state index < -0.39 is 5.60 Å². The lowest BCUT2D eigenvalue weighted by atomic mass is 9.96. The molecule has 0 spiro atoms. The molecule has 3 heterocycles. The van der Waals surface area contributed by atoms with Crippen molar-refractivity contribution in [1.29, 1.82) is 0 Å². The molecule has 0 saturated carbocycles. The molecule has 1 saturated heterocycles. The molecule has 2 aliphatic rings. The molecule has 1 aliphatic heterocycles. The number of carbonyl (C=O) groups is 1. The van der Waals surface area contributed by atoms with E-state index in [0.29, 0.717) is 25.2 Å². The Morgan fingerprint density at radius 2 is 2.24 bits per heavy atom. The molecule has 2 aromatic rings. The van der Waals surface area contributed by atoms with Crippen molar-refractivity contribution < 1.29 is 14.4 Å². The van der Waals surface area contributed by atoms with Crippen molar-refractivity contribution in [3.05, 3.63) is 35.6 Å². The van der Waals surface area contributed by atoms with Gasteiger partial charge in [-0.3, -0.25) is 9.78 Å². The molecule has 8 heteroatoms. The van der Waals surface area contributed by atoms with Crippen molar-refractivity contribution in [3.63, 3.8) is 0 Å². The average Bonchev–Trinajstić information content (AvgIpc) is 3.25. The summed E-state index contributed by atoms with van der Waals surface area (Å²) >= 11 is 0. The van der Waals surface area contributed by atoms with E-state index in [-0.39, 0.29) is 12.5 Å². The first-order valence-electron chi connectivity index (χ1n) is 8.64. The molecule has 1 amide bonds. The lowest BCUT2D eigenvalue weighted by molar-refractivity contribution is 0.0572. The number of anilines is 1. The van der Waals surface area contributed by atoms with Crippen LogP contribution < -0.4 is 10.2 Å². The highest BCUT2D eigenvalue weighted by atomic mass is 16.5. The van der Waals surface area contributed by atoms with Crippen LogP contribution >= 0.6 is 0 Å². The predicted molar refractivity (Wildman–Crippen MR) is 89.3 cm³/mol. The third-order valence-electron chi connectivity index (χ3n) is 4.95. The highest BCUT2D eigenvalue weighted by Gasteiger charge is 2.37. The first-order chi connectivity index (χ1) is 12.1. The van der Waals surface area contributed by atoms with E-state index in [2.05, 4.69) is 20.4 Å². The summed E-state index contributed by atoms with van der Waals surface area (Å²) in [6.45, 7) is 1.25. The van der Waals surface area contributed by atoms with Crippen LogP contribution in [0, 0.1) is 0 Å². The van der Waals surface area contributed by atoms with E-state index in [4.69, 9.17) is 4.52 Å². The lowest BCUT2D eigenvalue weighted by Gasteiger charge is -2.24. The maximum atomic E-state index is 12.4. The molecule has 1 aliphatic carbocycles. The number of amides is 1. The summed E-state index contributed by atoms with van der Waals surface area (Å²) in [5, 5.41) is 17.5. The van der Waals surface area contributed by atoms with E-state index in [1.54, 1.807) is 18.6 Å². The van der Waals surface area contributed by atoms with Gasteiger partial charge in [-0.25, -0.2) is 4.98 Å². The molecule has 8 nitrogen and oxygen atoms in total. The Kier molecular flexibility index (Phi) is 4.12. The molecule has 0 bridgehead atoms. The van der Waals surface area contributed by atoms with E-state index in [0.717, 1.165) is 42.8 Å². The first kappa shape index (κ1) is 16.0. The van der Waals surface area contributed by atoms with Crippen molar-refractivity contribution in [3.8, 4) is 0 Å². The van der Waals surface area contributed by atoms with Crippen LogP contribution in [-0.2, 0) is 12.8 Å². The van der Waals surface area contributed by atoms with Crippen molar-refractivity contribution in [2.75, 3.05) is 24.5 Å². The van der Waals surface area contributed by atoms with Gasteiger partial charge in [0.2, 0.25) is 0 Å². The highest BCUT2D eigenvalue weighted by molar-refractivity contribution is 5.93. The van der Waals surface area contributed by atoms with Crippen LogP contribution in [0.4, 0.5) is 5.82 Å². The molecule has 0 aromatic carbocycles. The third kappa shape index (κ3) is 3.21. The maximum Gasteiger partial charge on any atom is 0.273 e. The smallest absolute Gasteiger partial charge is 0.273 e. The van der Waals surface area contributed by atoms with Gasteiger partial charge in [0, 0.05) is 44.0 Å². The molecule has 0 unspecified atom stereocenters. The number of carbonyl (C=O) groups excluding carboxylic acids is 1. The second-order valence-corrected chi connectivity index (χ2v) is 6.78. The second kappa shape index (κ2) is 6.44. The minimum atomic E-state index is -0.989. The normalized spacial score (nSPS) is 22.7. The van der Waals surface area contributed by atoms with Crippen LogP contribution in [0.3, 0.4) is 0 Å². The average molecular weight is 343 g/mol. The van der Waals surface area contributed by atoms with Crippen LogP contribution in [0.25, 0.3) is 0 Å². The molecule has 2 aromatic heterocycles. The largest absolute Gasteiger partial charge is 0.386 e. The fourth-order valence-electron chi connectivity index (χ4n) is 3.54. The summed E-state index contributed by atoms with van der Waals surface area (Å²) in [5.74, 6) is 1.28. The molecular formula is C17H21N5O3. The Morgan fingerprint density at radius 3 is 3.08 bits per heavy atom. The number of hydrogen-bond donors (Lipinski definition) is 2. The van der Waals surface area contributed by atoms with Crippen LogP contribution in [0.2, 0.25) is 0 Å². The zero-order valence-corrected chi connectivity index (χ0v) is 13.9. The number of fused-ring (bicyclic) bond motifs is 1. The monoisotopic (exact) mass is 343 g/mol. The van der Waals surface area contributed by atoms with Gasteiger partial charge in [-0.2, -0.15) is 0 Å². The summed E-state index contributed by atoms with van der Waals surface area (Å²) in [6.07, 6.45) is 9.26. The Balaban J connectivity index is 1.38. The van der Waals surface area contributed by atoms with Crippen LogP contribution in [0.5, 0.6) is 0 Å². The van der Waals surface area contributed by atoms with Gasteiger partial charge in [0.15, 0.2) is 5.69 Å². The van der Waals surface area contributed by atoms with Crippen molar-refractivity contribution in [1.82, 2.24) is 20.4 Å². The summed E-state index contributed by atoms with van der Waals surface area (Å²) in [6, 6.07) is 0. The Morgan fingerprint density at radius 1 is 1.36 bits per heavy atom. The van der Waals surface area contributed by atoms with Crippen LogP contribution in [-0.4, -0.2) is 51.4 Å². The van der Waals surface area contributed by atoms with Gasteiger partial charge in [0.1, 0.15) is 17.2 Å². The molecule has 25 heavy (non-hydrogen) atoms. The van der Waals surface area contributed by atoms with Crippen LogP contribution in [0.1, 0.15) is 41.1 Å². The van der Waals surface area contributed by atoms with E-state index in [9.17, 15) is 9.90 Å². The lowest BCUT2D eigenvalue weighted by Crippen LogP contribution is -2.45. The molecular weight excluding hydrogens is 322 g/mol. The topological polar surface area (TPSA) is 104 Å². The van der Waals surface area contributed by atoms with Crippen LogP contribution in [0.15, 0.2) is 23.1 Å². The number of hydrogen-bond acceptors (Lipinski definition) is 7. The van der Waals surface area contributed by atoms with Gasteiger partial charge in [-0.1, -0.05) is 5.16 Å². The Hall–Kier alpha value is -2.48. The SMILES string of the molecule is O=C(NC[C@]1(O)CCN(c2cnccn2)C1)c1noc2c1CCCC2. The van der Waals surface area contributed by atoms with Crippen molar-refractivity contribution in [2.45, 2.75) is 37.7 Å². The van der Waals surface area contributed by atoms with Gasteiger partial charge in [-0.05, 0) is 25.7 Å². The minimum Gasteiger partial charge on any atom is -0.386 e. The summed E-state index contributed by atoms with van der Waals surface area (Å²) in [4.78, 5) is 22.7.